The summed E-state index contributed by atoms with van der Waals surface area (Å²) in [5.74, 6) is 0. The highest BCUT2D eigenvalue weighted by molar-refractivity contribution is 7.92. The highest BCUT2D eigenvalue weighted by atomic mass is 32.2. The summed E-state index contributed by atoms with van der Waals surface area (Å²) in [6, 6.07) is 6.66. The quantitative estimate of drug-likeness (QED) is 0.870. The van der Waals surface area contributed by atoms with Crippen molar-refractivity contribution < 1.29 is 17.9 Å². The minimum Gasteiger partial charge on any atom is -0.444 e. The normalized spacial score (nSPS) is 24.1. The van der Waals surface area contributed by atoms with Gasteiger partial charge in [0.15, 0.2) is 9.84 Å². The summed E-state index contributed by atoms with van der Waals surface area (Å²) in [6.45, 7) is 7.17. The Morgan fingerprint density at radius 3 is 2.39 bits per heavy atom. The topological polar surface area (TPSA) is 98.5 Å². The van der Waals surface area contributed by atoms with Crippen LogP contribution in [0.4, 0.5) is 4.79 Å². The van der Waals surface area contributed by atoms with Crippen LogP contribution in [0.3, 0.4) is 0 Å². The van der Waals surface area contributed by atoms with Gasteiger partial charge in [-0.05, 0) is 46.2 Å². The van der Waals surface area contributed by atoms with Crippen molar-refractivity contribution in [3.05, 3.63) is 29.8 Å². The van der Waals surface area contributed by atoms with Crippen molar-refractivity contribution in [3.63, 3.8) is 0 Å². The van der Waals surface area contributed by atoms with Crippen molar-refractivity contribution in [1.29, 1.82) is 0 Å². The number of hydrogen-bond acceptors (Lipinski definition) is 5. The summed E-state index contributed by atoms with van der Waals surface area (Å²) in [7, 11) is -3.54. The molecule has 1 aromatic rings. The molecule has 1 amide bonds. The van der Waals surface area contributed by atoms with Crippen LogP contribution in [0.1, 0.15) is 32.8 Å². The lowest BCUT2D eigenvalue weighted by Crippen LogP contribution is -2.48. The zero-order valence-electron chi connectivity index (χ0n) is 13.9. The molecule has 3 N–H and O–H groups in total. The maximum atomic E-state index is 12.7. The monoisotopic (exact) mass is 340 g/mol. The van der Waals surface area contributed by atoms with Crippen LogP contribution < -0.4 is 11.1 Å². The van der Waals surface area contributed by atoms with Crippen LogP contribution >= 0.6 is 0 Å². The standard InChI is InChI=1S/C16H24N2O4S/c1-11-5-7-12(8-6-11)23(20,21)13-9-16(13,10-17)18-14(19)22-15(2,3)4/h5-8,13H,9-10,17H2,1-4H3,(H,18,19)/t13-,16-/m1/s1. The molecule has 23 heavy (non-hydrogen) atoms. The summed E-state index contributed by atoms with van der Waals surface area (Å²) < 4.78 is 30.6. The molecule has 0 bridgehead atoms. The predicted octanol–water partition coefficient (Wildman–Crippen LogP) is 1.76. The van der Waals surface area contributed by atoms with Gasteiger partial charge in [-0.1, -0.05) is 17.7 Å². The van der Waals surface area contributed by atoms with Gasteiger partial charge in [-0.15, -0.1) is 0 Å². The Morgan fingerprint density at radius 2 is 1.91 bits per heavy atom. The molecular weight excluding hydrogens is 316 g/mol. The van der Waals surface area contributed by atoms with E-state index in [1.807, 2.05) is 6.92 Å². The predicted molar refractivity (Wildman–Crippen MR) is 87.9 cm³/mol. The fourth-order valence-corrected chi connectivity index (χ4v) is 4.58. The zero-order valence-corrected chi connectivity index (χ0v) is 14.7. The van der Waals surface area contributed by atoms with Crippen LogP contribution in [0.25, 0.3) is 0 Å². The molecule has 0 saturated heterocycles. The highest BCUT2D eigenvalue weighted by Crippen LogP contribution is 2.44. The lowest BCUT2D eigenvalue weighted by Gasteiger charge is -2.23. The number of rotatable bonds is 4. The van der Waals surface area contributed by atoms with Crippen molar-refractivity contribution in [2.75, 3.05) is 6.54 Å². The van der Waals surface area contributed by atoms with Gasteiger partial charge in [-0.2, -0.15) is 0 Å². The zero-order chi connectivity index (χ0) is 17.5. The summed E-state index contributed by atoms with van der Waals surface area (Å²) in [5.41, 5.74) is 5.11. The van der Waals surface area contributed by atoms with E-state index in [2.05, 4.69) is 5.32 Å². The third-order valence-corrected chi connectivity index (χ3v) is 6.14. The minimum absolute atomic E-state index is 0.0437. The van der Waals surface area contributed by atoms with E-state index in [1.54, 1.807) is 45.0 Å². The van der Waals surface area contributed by atoms with E-state index in [0.29, 0.717) is 6.42 Å². The molecule has 0 unspecified atom stereocenters. The van der Waals surface area contributed by atoms with Crippen LogP contribution in [-0.4, -0.2) is 37.4 Å². The number of benzene rings is 1. The Balaban J connectivity index is 2.16. The second-order valence-electron chi connectivity index (χ2n) is 7.04. The van der Waals surface area contributed by atoms with Crippen molar-refractivity contribution in [2.24, 2.45) is 5.73 Å². The van der Waals surface area contributed by atoms with Gasteiger partial charge in [0.05, 0.1) is 15.7 Å². The summed E-state index contributed by atoms with van der Waals surface area (Å²) in [6.07, 6.45) is -0.358. The number of aryl methyl sites for hydroxylation is 1. The number of hydrogen-bond donors (Lipinski definition) is 2. The largest absolute Gasteiger partial charge is 0.444 e. The molecule has 0 aromatic heterocycles. The first kappa shape index (κ1) is 17.7. The van der Waals surface area contributed by atoms with E-state index in [1.165, 1.54) is 0 Å². The lowest BCUT2D eigenvalue weighted by molar-refractivity contribution is 0.0499. The van der Waals surface area contributed by atoms with Crippen molar-refractivity contribution in [3.8, 4) is 0 Å². The van der Waals surface area contributed by atoms with Gasteiger partial charge in [0.2, 0.25) is 0 Å². The Kier molecular flexibility index (Phi) is 4.47. The number of amides is 1. The Hall–Kier alpha value is -1.60. The molecule has 7 heteroatoms. The maximum Gasteiger partial charge on any atom is 0.408 e. The molecule has 1 aromatic carbocycles. The van der Waals surface area contributed by atoms with Crippen molar-refractivity contribution >= 4 is 15.9 Å². The van der Waals surface area contributed by atoms with Gasteiger partial charge in [0.1, 0.15) is 5.60 Å². The van der Waals surface area contributed by atoms with Gasteiger partial charge in [0, 0.05) is 6.54 Å². The second kappa shape index (κ2) is 5.79. The molecule has 1 aliphatic rings. The molecule has 0 aliphatic heterocycles. The third-order valence-electron chi connectivity index (χ3n) is 3.84. The molecule has 0 spiro atoms. The van der Waals surface area contributed by atoms with Crippen LogP contribution in [0, 0.1) is 6.92 Å². The molecule has 2 atom stereocenters. The van der Waals surface area contributed by atoms with Crippen molar-refractivity contribution in [1.82, 2.24) is 5.32 Å². The molecule has 0 radical (unpaired) electrons. The molecule has 1 aliphatic carbocycles. The summed E-state index contributed by atoms with van der Waals surface area (Å²) in [5, 5.41) is 1.92. The van der Waals surface area contributed by atoms with E-state index in [-0.39, 0.29) is 11.4 Å². The molecule has 1 fully saturated rings. The molecule has 6 nitrogen and oxygen atoms in total. The van der Waals surface area contributed by atoms with Crippen LogP contribution in [0.5, 0.6) is 0 Å². The minimum atomic E-state index is -3.54. The number of nitrogens with two attached hydrogens (primary N) is 1. The molecule has 128 valence electrons. The smallest absolute Gasteiger partial charge is 0.408 e. The third kappa shape index (κ3) is 3.84. The highest BCUT2D eigenvalue weighted by Gasteiger charge is 2.62. The number of alkyl carbamates (subject to hydrolysis) is 1. The summed E-state index contributed by atoms with van der Waals surface area (Å²) in [4.78, 5) is 12.2. The molecular formula is C16H24N2O4S. The average Bonchev–Trinajstić information content (AvgIpc) is 3.12. The van der Waals surface area contributed by atoms with Crippen LogP contribution in [0.2, 0.25) is 0 Å². The van der Waals surface area contributed by atoms with E-state index < -0.39 is 32.3 Å². The Bertz CT molecular complexity index is 692. The maximum absolute atomic E-state index is 12.7. The van der Waals surface area contributed by atoms with E-state index in [9.17, 15) is 13.2 Å². The first-order chi connectivity index (χ1) is 10.5. The van der Waals surface area contributed by atoms with Gasteiger partial charge in [-0.25, -0.2) is 13.2 Å². The van der Waals surface area contributed by atoms with E-state index >= 15 is 0 Å². The van der Waals surface area contributed by atoms with Gasteiger partial charge in [0.25, 0.3) is 0 Å². The van der Waals surface area contributed by atoms with Gasteiger partial charge >= 0.3 is 6.09 Å². The SMILES string of the molecule is Cc1ccc(S(=O)(=O)[C@@H]2C[C@]2(CN)NC(=O)OC(C)(C)C)cc1. The number of ether oxygens (including phenoxy) is 1. The number of sulfone groups is 1. The number of carbonyl (C=O) groups is 1. The Morgan fingerprint density at radius 1 is 1.35 bits per heavy atom. The average molecular weight is 340 g/mol. The van der Waals surface area contributed by atoms with Gasteiger partial charge in [-0.3, -0.25) is 0 Å². The molecule has 1 saturated carbocycles. The van der Waals surface area contributed by atoms with Crippen molar-refractivity contribution in [2.45, 2.75) is 55.4 Å². The number of carbonyl (C=O) groups excluding carboxylic acids is 1. The number of nitrogens with one attached hydrogen (secondary N) is 1. The second-order valence-corrected chi connectivity index (χ2v) is 9.17. The van der Waals surface area contributed by atoms with E-state index in [4.69, 9.17) is 10.5 Å². The molecule has 0 heterocycles. The van der Waals surface area contributed by atoms with E-state index in [0.717, 1.165) is 5.56 Å². The first-order valence-corrected chi connectivity index (χ1v) is 9.07. The van der Waals surface area contributed by atoms with Crippen LogP contribution in [-0.2, 0) is 14.6 Å². The Labute approximate surface area is 137 Å². The summed E-state index contributed by atoms with van der Waals surface area (Å²) >= 11 is 0. The lowest BCUT2D eigenvalue weighted by atomic mass is 10.2. The first-order valence-electron chi connectivity index (χ1n) is 7.52. The van der Waals surface area contributed by atoms with Gasteiger partial charge < -0.3 is 15.8 Å². The van der Waals surface area contributed by atoms with Crippen LogP contribution in [0.15, 0.2) is 29.2 Å². The fourth-order valence-electron chi connectivity index (χ4n) is 2.48. The molecule has 2 rings (SSSR count). The fraction of sp³-hybridized carbons (Fsp3) is 0.562.